The summed E-state index contributed by atoms with van der Waals surface area (Å²) in [6, 6.07) is 12.3. The molecule has 18 heavy (non-hydrogen) atoms. The van der Waals surface area contributed by atoms with Gasteiger partial charge in [-0.05, 0) is 31.0 Å². The second-order valence-corrected chi connectivity index (χ2v) is 5.47. The molecule has 0 aliphatic rings. The van der Waals surface area contributed by atoms with Crippen molar-refractivity contribution < 1.29 is 0 Å². The van der Waals surface area contributed by atoms with Gasteiger partial charge in [-0.3, -0.25) is 0 Å². The maximum atomic E-state index is 6.29. The number of pyridine rings is 1. The number of hydrogen-bond acceptors (Lipinski definition) is 3. The summed E-state index contributed by atoms with van der Waals surface area (Å²) in [5, 5.41) is 1.10. The Morgan fingerprint density at radius 3 is 2.56 bits per heavy atom. The van der Waals surface area contributed by atoms with Crippen LogP contribution < -0.4 is 5.73 Å². The van der Waals surface area contributed by atoms with Crippen molar-refractivity contribution in [3.63, 3.8) is 0 Å². The van der Waals surface area contributed by atoms with E-state index in [0.29, 0.717) is 0 Å². The van der Waals surface area contributed by atoms with Crippen LogP contribution in [0.2, 0.25) is 0 Å². The lowest BCUT2D eigenvalue weighted by molar-refractivity contribution is 1.25. The first kappa shape index (κ1) is 11.2. The quantitative estimate of drug-likeness (QED) is 0.708. The Morgan fingerprint density at radius 1 is 1.11 bits per heavy atom. The number of nitrogen functional groups attached to an aromatic ring is 1. The molecule has 2 nitrogen and oxygen atoms in total. The Balaban J connectivity index is 2.33. The number of anilines is 1. The van der Waals surface area contributed by atoms with E-state index >= 15 is 0 Å². The number of thiophene rings is 1. The number of nitrogens with two attached hydrogens (primary N) is 1. The highest BCUT2D eigenvalue weighted by Gasteiger charge is 2.14. The summed E-state index contributed by atoms with van der Waals surface area (Å²) in [6.45, 7) is 4.11. The number of hydrogen-bond donors (Lipinski definition) is 1. The molecule has 0 saturated heterocycles. The molecule has 0 radical (unpaired) electrons. The second kappa shape index (κ2) is 4.10. The highest BCUT2D eigenvalue weighted by atomic mass is 32.1. The predicted octanol–water partition coefficient (Wildman–Crippen LogP) is 4.16. The van der Waals surface area contributed by atoms with Gasteiger partial charge in [-0.15, -0.1) is 11.3 Å². The molecule has 3 heteroatoms. The van der Waals surface area contributed by atoms with Crippen molar-refractivity contribution in [1.82, 2.24) is 4.98 Å². The molecule has 0 atom stereocenters. The van der Waals surface area contributed by atoms with E-state index in [9.17, 15) is 0 Å². The fourth-order valence-electron chi connectivity index (χ4n) is 2.27. The third-order valence-corrected chi connectivity index (χ3v) is 4.21. The molecule has 1 aromatic carbocycles. The van der Waals surface area contributed by atoms with Gasteiger partial charge in [0.1, 0.15) is 4.83 Å². The maximum absolute atomic E-state index is 6.29. The van der Waals surface area contributed by atoms with Crippen LogP contribution in [0.5, 0.6) is 0 Å². The van der Waals surface area contributed by atoms with Crippen molar-refractivity contribution in [2.24, 2.45) is 0 Å². The van der Waals surface area contributed by atoms with Crippen molar-refractivity contribution in [1.29, 1.82) is 0 Å². The van der Waals surface area contributed by atoms with Crippen LogP contribution >= 0.6 is 11.3 Å². The summed E-state index contributed by atoms with van der Waals surface area (Å²) in [5.41, 5.74) is 10.6. The molecule has 0 fully saturated rings. The number of rotatable bonds is 1. The van der Waals surface area contributed by atoms with Gasteiger partial charge in [0.2, 0.25) is 0 Å². The van der Waals surface area contributed by atoms with E-state index in [-0.39, 0.29) is 0 Å². The van der Waals surface area contributed by atoms with Crippen LogP contribution in [-0.2, 0) is 0 Å². The summed E-state index contributed by atoms with van der Waals surface area (Å²) in [4.78, 5) is 6.73. The van der Waals surface area contributed by atoms with Crippen LogP contribution in [0.25, 0.3) is 20.7 Å². The average molecular weight is 254 g/mol. The average Bonchev–Trinajstić information content (AvgIpc) is 2.67. The fourth-order valence-corrected chi connectivity index (χ4v) is 3.50. The van der Waals surface area contributed by atoms with E-state index in [1.165, 1.54) is 5.56 Å². The Labute approximate surface area is 110 Å². The molecule has 0 aliphatic carbocycles. The van der Waals surface area contributed by atoms with E-state index < -0.39 is 0 Å². The molecule has 0 amide bonds. The summed E-state index contributed by atoms with van der Waals surface area (Å²) >= 11 is 1.67. The van der Waals surface area contributed by atoms with Gasteiger partial charge in [0.15, 0.2) is 0 Å². The SMILES string of the molecule is Cc1cc(C)c2c(N)c(-c3ccccc3)sc2n1. The summed E-state index contributed by atoms with van der Waals surface area (Å²) in [7, 11) is 0. The molecule has 0 unspecified atom stereocenters. The van der Waals surface area contributed by atoms with Gasteiger partial charge in [0.25, 0.3) is 0 Å². The minimum atomic E-state index is 0.853. The van der Waals surface area contributed by atoms with Crippen molar-refractivity contribution in [3.05, 3.63) is 47.7 Å². The zero-order chi connectivity index (χ0) is 12.7. The molecule has 0 bridgehead atoms. The lowest BCUT2D eigenvalue weighted by Gasteiger charge is -2.00. The molecule has 2 heterocycles. The Morgan fingerprint density at radius 2 is 1.83 bits per heavy atom. The zero-order valence-electron chi connectivity index (χ0n) is 10.4. The lowest BCUT2D eigenvalue weighted by Crippen LogP contribution is -1.89. The standard InChI is InChI=1S/C15H14N2S/c1-9-8-10(2)17-15-12(9)13(16)14(18-15)11-6-4-3-5-7-11/h3-8H,16H2,1-2H3. The van der Waals surface area contributed by atoms with E-state index in [0.717, 1.165) is 32.0 Å². The van der Waals surface area contributed by atoms with Crippen LogP contribution in [0.15, 0.2) is 36.4 Å². The molecule has 0 saturated carbocycles. The minimum Gasteiger partial charge on any atom is -0.397 e. The molecule has 2 aromatic heterocycles. The lowest BCUT2D eigenvalue weighted by atomic mass is 10.1. The van der Waals surface area contributed by atoms with Gasteiger partial charge in [-0.1, -0.05) is 30.3 Å². The summed E-state index contributed by atoms with van der Waals surface area (Å²) in [5.74, 6) is 0. The van der Waals surface area contributed by atoms with E-state index in [2.05, 4.69) is 30.1 Å². The largest absolute Gasteiger partial charge is 0.397 e. The van der Waals surface area contributed by atoms with Crippen LogP contribution in [-0.4, -0.2) is 4.98 Å². The van der Waals surface area contributed by atoms with Crippen molar-refractivity contribution in [2.45, 2.75) is 13.8 Å². The molecule has 3 aromatic rings. The summed E-state index contributed by atoms with van der Waals surface area (Å²) < 4.78 is 0. The smallest absolute Gasteiger partial charge is 0.126 e. The molecular weight excluding hydrogens is 240 g/mol. The Hall–Kier alpha value is -1.87. The van der Waals surface area contributed by atoms with Gasteiger partial charge < -0.3 is 5.73 Å². The van der Waals surface area contributed by atoms with Gasteiger partial charge in [-0.2, -0.15) is 0 Å². The monoisotopic (exact) mass is 254 g/mol. The first-order valence-corrected chi connectivity index (χ1v) is 6.70. The van der Waals surface area contributed by atoms with Gasteiger partial charge in [0, 0.05) is 11.1 Å². The zero-order valence-corrected chi connectivity index (χ0v) is 11.2. The highest BCUT2D eigenvalue weighted by molar-refractivity contribution is 7.22. The van der Waals surface area contributed by atoms with Crippen molar-refractivity contribution >= 4 is 27.2 Å². The van der Waals surface area contributed by atoms with Gasteiger partial charge in [-0.25, -0.2) is 4.98 Å². The number of nitrogens with zero attached hydrogens (tertiary/aromatic N) is 1. The topological polar surface area (TPSA) is 38.9 Å². The Kier molecular flexibility index (Phi) is 2.56. The van der Waals surface area contributed by atoms with Gasteiger partial charge >= 0.3 is 0 Å². The number of aromatic nitrogens is 1. The van der Waals surface area contributed by atoms with Crippen molar-refractivity contribution in [2.75, 3.05) is 5.73 Å². The Bertz CT molecular complexity index is 714. The third kappa shape index (κ3) is 1.68. The highest BCUT2D eigenvalue weighted by Crippen LogP contribution is 2.41. The van der Waals surface area contributed by atoms with Crippen molar-refractivity contribution in [3.8, 4) is 10.4 Å². The molecular formula is C15H14N2S. The van der Waals surface area contributed by atoms with E-state index in [4.69, 9.17) is 5.73 Å². The first-order valence-electron chi connectivity index (χ1n) is 5.88. The maximum Gasteiger partial charge on any atom is 0.126 e. The third-order valence-electron chi connectivity index (χ3n) is 3.06. The second-order valence-electron chi connectivity index (χ2n) is 4.47. The summed E-state index contributed by atoms with van der Waals surface area (Å²) in [6.07, 6.45) is 0. The number of fused-ring (bicyclic) bond motifs is 1. The molecule has 0 aliphatic heterocycles. The molecule has 2 N–H and O–H groups in total. The van der Waals surface area contributed by atoms with Gasteiger partial charge in [0.05, 0.1) is 10.6 Å². The number of benzene rings is 1. The molecule has 0 spiro atoms. The van der Waals surface area contributed by atoms with E-state index in [1.54, 1.807) is 11.3 Å². The van der Waals surface area contributed by atoms with Crippen LogP contribution in [0.3, 0.4) is 0 Å². The van der Waals surface area contributed by atoms with Crippen LogP contribution in [0.1, 0.15) is 11.3 Å². The molecule has 3 rings (SSSR count). The predicted molar refractivity (Wildman–Crippen MR) is 78.9 cm³/mol. The van der Waals surface area contributed by atoms with E-state index in [1.807, 2.05) is 25.1 Å². The van der Waals surface area contributed by atoms with Crippen LogP contribution in [0, 0.1) is 13.8 Å². The number of aryl methyl sites for hydroxylation is 2. The normalized spacial score (nSPS) is 11.0. The molecule has 90 valence electrons. The van der Waals surface area contributed by atoms with Crippen LogP contribution in [0.4, 0.5) is 5.69 Å². The minimum absolute atomic E-state index is 0.853. The first-order chi connectivity index (χ1) is 8.66. The fraction of sp³-hybridized carbons (Fsp3) is 0.133.